The van der Waals surface area contributed by atoms with E-state index in [-0.39, 0.29) is 0 Å². The van der Waals surface area contributed by atoms with Crippen molar-refractivity contribution in [3.8, 4) is 0 Å². The van der Waals surface area contributed by atoms with E-state index in [2.05, 4.69) is 51.7 Å². The van der Waals surface area contributed by atoms with Crippen molar-refractivity contribution in [3.63, 3.8) is 0 Å². The number of hydrogen-bond acceptors (Lipinski definition) is 0. The van der Waals surface area contributed by atoms with Crippen molar-refractivity contribution in [2.45, 2.75) is 19.4 Å². The number of aromatic nitrogens is 1. The molecule has 0 spiro atoms. The summed E-state index contributed by atoms with van der Waals surface area (Å²) in [5.74, 6) is 0. The van der Waals surface area contributed by atoms with Gasteiger partial charge in [0.25, 0.3) is 0 Å². The quantitative estimate of drug-likeness (QED) is 0.439. The van der Waals surface area contributed by atoms with Gasteiger partial charge in [0.1, 0.15) is 0 Å². The van der Waals surface area contributed by atoms with Gasteiger partial charge in [-0.15, -0.1) is 0 Å². The topological polar surface area (TPSA) is 4.93 Å². The molecule has 0 N–H and O–H groups in total. The summed E-state index contributed by atoms with van der Waals surface area (Å²) in [5.41, 5.74) is 0. The Bertz CT molecular complexity index is 158. The Morgan fingerprint density at radius 2 is 1.80 bits per heavy atom. The number of nitrogens with zero attached hydrogens (tertiary/aromatic N) is 1. The summed E-state index contributed by atoms with van der Waals surface area (Å²) in [6, 6.07) is 4.15. The normalized spacial score (nSPS) is 10.1. The van der Waals surface area contributed by atoms with Crippen molar-refractivity contribution in [3.05, 3.63) is 24.5 Å². The van der Waals surface area contributed by atoms with E-state index in [1.807, 2.05) is 0 Å². The molecule has 0 fully saturated rings. The van der Waals surface area contributed by atoms with Crippen LogP contribution >= 0.6 is 22.6 Å². The van der Waals surface area contributed by atoms with Crippen LogP contribution in [0.5, 0.6) is 0 Å². The molecule has 0 radical (unpaired) electrons. The molecule has 0 aromatic carbocycles. The van der Waals surface area contributed by atoms with Crippen LogP contribution in [0.2, 0.25) is 0 Å². The predicted octanol–water partition coefficient (Wildman–Crippen LogP) is 2.70. The molecule has 1 heterocycles. The van der Waals surface area contributed by atoms with Gasteiger partial charge in [-0.25, -0.2) is 0 Å². The van der Waals surface area contributed by atoms with Gasteiger partial charge in [-0.3, -0.25) is 0 Å². The highest BCUT2D eigenvalue weighted by atomic mass is 127. The number of rotatable bonds is 4. The Morgan fingerprint density at radius 1 is 1.10 bits per heavy atom. The van der Waals surface area contributed by atoms with Crippen LogP contribution < -0.4 is 0 Å². The van der Waals surface area contributed by atoms with E-state index in [1.54, 1.807) is 0 Å². The third-order valence-corrected chi connectivity index (χ3v) is 2.23. The second-order valence-corrected chi connectivity index (χ2v) is 3.40. The molecule has 0 amide bonds. The molecule has 0 atom stereocenters. The van der Waals surface area contributed by atoms with E-state index >= 15 is 0 Å². The average Bonchev–Trinajstić information content (AvgIpc) is 2.41. The minimum Gasteiger partial charge on any atom is -0.354 e. The molecule has 0 saturated carbocycles. The number of halogens is 1. The second-order valence-electron chi connectivity index (χ2n) is 2.32. The monoisotopic (exact) mass is 249 g/mol. The summed E-state index contributed by atoms with van der Waals surface area (Å²) >= 11 is 2.42. The largest absolute Gasteiger partial charge is 0.354 e. The summed E-state index contributed by atoms with van der Waals surface area (Å²) in [5, 5.41) is 0. The maximum Gasteiger partial charge on any atom is 0.0219 e. The predicted molar refractivity (Wildman–Crippen MR) is 52.6 cm³/mol. The molecule has 0 saturated heterocycles. The van der Waals surface area contributed by atoms with Gasteiger partial charge >= 0.3 is 0 Å². The first-order valence-electron chi connectivity index (χ1n) is 3.60. The van der Waals surface area contributed by atoms with Gasteiger partial charge in [-0.1, -0.05) is 22.6 Å². The van der Waals surface area contributed by atoms with Crippen LogP contribution in [-0.4, -0.2) is 8.99 Å². The molecule has 1 aromatic rings. The lowest BCUT2D eigenvalue weighted by molar-refractivity contribution is 0.640. The molecule has 0 aliphatic rings. The Kier molecular flexibility index (Phi) is 3.87. The van der Waals surface area contributed by atoms with Crippen molar-refractivity contribution in [1.29, 1.82) is 0 Å². The Labute approximate surface area is 75.6 Å². The maximum absolute atomic E-state index is 2.42. The average molecular weight is 249 g/mol. The smallest absolute Gasteiger partial charge is 0.0219 e. The van der Waals surface area contributed by atoms with Crippen LogP contribution in [0.15, 0.2) is 24.5 Å². The highest BCUT2D eigenvalue weighted by Crippen LogP contribution is 1.98. The highest BCUT2D eigenvalue weighted by Gasteiger charge is 1.87. The zero-order chi connectivity index (χ0) is 7.23. The molecule has 56 valence electrons. The van der Waals surface area contributed by atoms with Crippen molar-refractivity contribution in [2.24, 2.45) is 0 Å². The fourth-order valence-corrected chi connectivity index (χ4v) is 1.45. The molecule has 1 aromatic heterocycles. The molecule has 2 heteroatoms. The van der Waals surface area contributed by atoms with E-state index in [0.29, 0.717) is 0 Å². The number of alkyl halides is 1. The number of hydrogen-bond donors (Lipinski definition) is 0. The van der Waals surface area contributed by atoms with E-state index in [0.717, 1.165) is 0 Å². The van der Waals surface area contributed by atoms with Gasteiger partial charge in [-0.2, -0.15) is 0 Å². The number of unbranched alkanes of at least 4 members (excludes halogenated alkanes) is 1. The minimum absolute atomic E-state index is 1.18. The number of aryl methyl sites for hydroxylation is 1. The first-order chi connectivity index (χ1) is 4.93. The van der Waals surface area contributed by atoms with Gasteiger partial charge in [0.05, 0.1) is 0 Å². The standard InChI is InChI=1S/C8H12IN/c9-5-1-2-6-10-7-3-4-8-10/h3-4,7-8H,1-2,5-6H2. The van der Waals surface area contributed by atoms with Crippen molar-refractivity contribution in [2.75, 3.05) is 4.43 Å². The zero-order valence-corrected chi connectivity index (χ0v) is 8.12. The van der Waals surface area contributed by atoms with Crippen molar-refractivity contribution < 1.29 is 0 Å². The fraction of sp³-hybridized carbons (Fsp3) is 0.500. The molecular formula is C8H12IN. The lowest BCUT2D eigenvalue weighted by atomic mass is 10.3. The lowest BCUT2D eigenvalue weighted by Gasteiger charge is -1.99. The molecule has 1 nitrogen and oxygen atoms in total. The van der Waals surface area contributed by atoms with E-state index in [9.17, 15) is 0 Å². The van der Waals surface area contributed by atoms with Crippen molar-refractivity contribution >= 4 is 22.6 Å². The van der Waals surface area contributed by atoms with E-state index < -0.39 is 0 Å². The van der Waals surface area contributed by atoms with Crippen LogP contribution in [0.25, 0.3) is 0 Å². The van der Waals surface area contributed by atoms with Gasteiger partial charge in [0.2, 0.25) is 0 Å². The molecule has 1 rings (SSSR count). The molecule has 0 bridgehead atoms. The van der Waals surface area contributed by atoms with Crippen LogP contribution in [0.4, 0.5) is 0 Å². The van der Waals surface area contributed by atoms with Crippen molar-refractivity contribution in [1.82, 2.24) is 4.57 Å². The SMILES string of the molecule is ICCCCn1cccc1. The fourth-order valence-electron chi connectivity index (χ4n) is 0.908. The van der Waals surface area contributed by atoms with Gasteiger partial charge in [-0.05, 0) is 29.4 Å². The first kappa shape index (κ1) is 8.11. The Balaban J connectivity index is 2.15. The summed E-state index contributed by atoms with van der Waals surface area (Å²) in [6.07, 6.45) is 6.87. The lowest BCUT2D eigenvalue weighted by Crippen LogP contribution is -1.93. The molecule has 0 unspecified atom stereocenters. The highest BCUT2D eigenvalue weighted by molar-refractivity contribution is 14.1. The van der Waals surface area contributed by atoms with Crippen LogP contribution in [-0.2, 0) is 6.54 Å². The maximum atomic E-state index is 2.42. The molecule has 10 heavy (non-hydrogen) atoms. The Morgan fingerprint density at radius 3 is 2.40 bits per heavy atom. The summed E-state index contributed by atoms with van der Waals surface area (Å²) in [7, 11) is 0. The molecule has 0 aliphatic heterocycles. The first-order valence-corrected chi connectivity index (χ1v) is 5.13. The van der Waals surface area contributed by atoms with E-state index in [4.69, 9.17) is 0 Å². The van der Waals surface area contributed by atoms with Crippen LogP contribution in [0.1, 0.15) is 12.8 Å². The second kappa shape index (κ2) is 4.77. The zero-order valence-electron chi connectivity index (χ0n) is 5.96. The summed E-state index contributed by atoms with van der Waals surface area (Å²) in [4.78, 5) is 0. The van der Waals surface area contributed by atoms with Gasteiger partial charge in [0, 0.05) is 18.9 Å². The van der Waals surface area contributed by atoms with Crippen LogP contribution in [0.3, 0.4) is 0 Å². The van der Waals surface area contributed by atoms with E-state index in [1.165, 1.54) is 23.8 Å². The minimum atomic E-state index is 1.18. The summed E-state index contributed by atoms with van der Waals surface area (Å²) in [6.45, 7) is 1.18. The van der Waals surface area contributed by atoms with Gasteiger partial charge < -0.3 is 4.57 Å². The van der Waals surface area contributed by atoms with Gasteiger partial charge in [0.15, 0.2) is 0 Å². The summed E-state index contributed by atoms with van der Waals surface area (Å²) < 4.78 is 3.51. The molecule has 0 aliphatic carbocycles. The van der Waals surface area contributed by atoms with Crippen LogP contribution in [0, 0.1) is 0 Å². The third-order valence-electron chi connectivity index (χ3n) is 1.47. The third kappa shape index (κ3) is 2.73. The molecular weight excluding hydrogens is 237 g/mol. The Hall–Kier alpha value is 0.0100.